The number of nitrogen functional groups attached to an aromatic ring is 1. The molecular weight excluding hydrogens is 338 g/mol. The van der Waals surface area contributed by atoms with Crippen LogP contribution in [0.3, 0.4) is 0 Å². The Balaban J connectivity index is 1.79. The summed E-state index contributed by atoms with van der Waals surface area (Å²) in [7, 11) is 0. The summed E-state index contributed by atoms with van der Waals surface area (Å²) in [6.45, 7) is 2.71. The first-order valence-corrected chi connectivity index (χ1v) is 8.11. The molecule has 4 rings (SSSR count). The van der Waals surface area contributed by atoms with Crippen LogP contribution in [0.4, 0.5) is 17.3 Å². The minimum atomic E-state index is 0.210. The molecule has 3 heterocycles. The quantitative estimate of drug-likeness (QED) is 0.484. The third-order valence-corrected chi connectivity index (χ3v) is 4.07. The minimum Gasteiger partial charge on any atom is -0.379 e. The Morgan fingerprint density at radius 2 is 2.16 bits per heavy atom. The summed E-state index contributed by atoms with van der Waals surface area (Å²) in [5.74, 6) is 1.52. The molecule has 4 aromatic rings. The predicted molar refractivity (Wildman–Crippen MR) is 97.9 cm³/mol. The normalized spacial score (nSPS) is 11.1. The van der Waals surface area contributed by atoms with Crippen molar-refractivity contribution in [2.75, 3.05) is 11.1 Å². The molecule has 0 aliphatic heterocycles. The van der Waals surface area contributed by atoms with Crippen molar-refractivity contribution in [1.29, 1.82) is 0 Å². The highest BCUT2D eigenvalue weighted by Crippen LogP contribution is 2.28. The van der Waals surface area contributed by atoms with Gasteiger partial charge in [-0.05, 0) is 35.4 Å². The maximum atomic E-state index is 5.81. The van der Waals surface area contributed by atoms with Gasteiger partial charge < -0.3 is 15.6 Å². The van der Waals surface area contributed by atoms with E-state index in [-0.39, 0.29) is 5.82 Å². The number of rotatable bonds is 4. The van der Waals surface area contributed by atoms with Crippen molar-refractivity contribution >= 4 is 41.0 Å². The van der Waals surface area contributed by atoms with E-state index in [4.69, 9.17) is 10.4 Å². The van der Waals surface area contributed by atoms with Crippen molar-refractivity contribution < 1.29 is 4.63 Å². The first-order valence-electron chi connectivity index (χ1n) is 7.66. The largest absolute Gasteiger partial charge is 0.379 e. The third-order valence-electron chi connectivity index (χ3n) is 3.80. The van der Waals surface area contributed by atoms with Gasteiger partial charge in [-0.15, -0.1) is 12.6 Å². The summed E-state index contributed by atoms with van der Waals surface area (Å²) in [4.78, 5) is 9.86. The molecule has 0 bridgehead atoms. The highest BCUT2D eigenvalue weighted by molar-refractivity contribution is 7.80. The van der Waals surface area contributed by atoms with Crippen LogP contribution >= 0.6 is 12.6 Å². The van der Waals surface area contributed by atoms with Gasteiger partial charge >= 0.3 is 0 Å². The van der Waals surface area contributed by atoms with Crippen molar-refractivity contribution in [2.45, 2.75) is 18.4 Å². The number of fused-ring (bicyclic) bond motifs is 1. The fraction of sp³-hybridized carbons (Fsp3) is 0.125. The Morgan fingerprint density at radius 3 is 2.88 bits per heavy atom. The molecule has 9 heteroatoms. The third kappa shape index (κ3) is 2.78. The fourth-order valence-corrected chi connectivity index (χ4v) is 2.90. The van der Waals surface area contributed by atoms with E-state index < -0.39 is 0 Å². The zero-order valence-corrected chi connectivity index (χ0v) is 14.2. The van der Waals surface area contributed by atoms with Crippen molar-refractivity contribution in [1.82, 2.24) is 24.8 Å². The Morgan fingerprint density at radius 1 is 1.28 bits per heavy atom. The second kappa shape index (κ2) is 6.10. The minimum absolute atomic E-state index is 0.210. The fourth-order valence-electron chi connectivity index (χ4n) is 2.68. The lowest BCUT2D eigenvalue weighted by Crippen LogP contribution is -2.00. The molecule has 0 aliphatic rings. The van der Waals surface area contributed by atoms with E-state index in [9.17, 15) is 0 Å². The van der Waals surface area contributed by atoms with Crippen LogP contribution in [0.5, 0.6) is 0 Å². The Bertz CT molecular complexity index is 1060. The first kappa shape index (κ1) is 15.5. The van der Waals surface area contributed by atoms with Crippen LogP contribution < -0.4 is 11.1 Å². The second-order valence-electron chi connectivity index (χ2n) is 5.41. The molecular formula is C16H15N7OS. The number of imidazole rings is 1. The molecule has 8 nitrogen and oxygen atoms in total. The van der Waals surface area contributed by atoms with Gasteiger partial charge in [-0.1, -0.05) is 6.07 Å². The number of hydrogen-bond donors (Lipinski definition) is 3. The molecule has 3 N–H and O–H groups in total. The van der Waals surface area contributed by atoms with Crippen LogP contribution in [0.2, 0.25) is 0 Å². The van der Waals surface area contributed by atoms with E-state index in [1.54, 1.807) is 6.20 Å². The summed E-state index contributed by atoms with van der Waals surface area (Å²) >= 11 is 4.35. The number of hydrogen-bond acceptors (Lipinski definition) is 8. The molecule has 0 unspecified atom stereocenters. The standard InChI is InChI=1S/C16H15N7OS/c1-2-23-12-7-13(19-9-4-3-5-10(25)6-9)18-8-11(12)20-16(23)14-15(17)22-24-21-14/h3-8,25H,2H2,1H3,(H2,17,22)(H,18,19). The van der Waals surface area contributed by atoms with Gasteiger partial charge in [-0.2, -0.15) is 0 Å². The molecule has 0 radical (unpaired) electrons. The Kier molecular flexibility index (Phi) is 3.77. The van der Waals surface area contributed by atoms with Gasteiger partial charge in [0.05, 0.1) is 11.7 Å². The van der Waals surface area contributed by atoms with E-state index >= 15 is 0 Å². The number of pyridine rings is 1. The van der Waals surface area contributed by atoms with Crippen molar-refractivity contribution in [3.63, 3.8) is 0 Å². The maximum Gasteiger partial charge on any atom is 0.199 e. The van der Waals surface area contributed by atoms with Crippen molar-refractivity contribution in [3.8, 4) is 11.5 Å². The number of nitrogens with zero attached hydrogens (tertiary/aromatic N) is 5. The molecule has 25 heavy (non-hydrogen) atoms. The molecule has 0 amide bonds. The maximum absolute atomic E-state index is 5.81. The molecule has 0 saturated carbocycles. The average molecular weight is 353 g/mol. The van der Waals surface area contributed by atoms with Crippen LogP contribution in [0, 0.1) is 0 Å². The molecule has 1 aromatic carbocycles. The predicted octanol–water partition coefficient (Wildman–Crippen LogP) is 3.12. The Labute approximate surface area is 148 Å². The van der Waals surface area contributed by atoms with Gasteiger partial charge in [0.1, 0.15) is 11.3 Å². The second-order valence-corrected chi connectivity index (χ2v) is 5.93. The van der Waals surface area contributed by atoms with Crippen LogP contribution in [0.1, 0.15) is 6.92 Å². The van der Waals surface area contributed by atoms with Crippen LogP contribution in [0.25, 0.3) is 22.6 Å². The number of nitrogens with two attached hydrogens (primary N) is 1. The van der Waals surface area contributed by atoms with E-state index in [0.717, 1.165) is 21.6 Å². The SMILES string of the molecule is CCn1c(-c2nonc2N)nc2cnc(Nc3cccc(S)c3)cc21. The van der Waals surface area contributed by atoms with Crippen molar-refractivity contribution in [3.05, 3.63) is 36.5 Å². The van der Waals surface area contributed by atoms with Gasteiger partial charge in [0.15, 0.2) is 17.3 Å². The van der Waals surface area contributed by atoms with E-state index in [0.29, 0.717) is 23.9 Å². The van der Waals surface area contributed by atoms with E-state index in [1.165, 1.54) is 0 Å². The molecule has 126 valence electrons. The first-order chi connectivity index (χ1) is 12.2. The summed E-state index contributed by atoms with van der Waals surface area (Å²) in [6.07, 6.45) is 1.71. The number of nitrogens with one attached hydrogen (secondary N) is 1. The number of thiol groups is 1. The average Bonchev–Trinajstić information content (AvgIpc) is 3.17. The van der Waals surface area contributed by atoms with Gasteiger partial charge in [-0.25, -0.2) is 14.6 Å². The summed E-state index contributed by atoms with van der Waals surface area (Å²) in [6, 6.07) is 9.66. The van der Waals surface area contributed by atoms with Gasteiger partial charge in [0.25, 0.3) is 0 Å². The topological polar surface area (TPSA) is 108 Å². The van der Waals surface area contributed by atoms with Crippen molar-refractivity contribution in [2.24, 2.45) is 0 Å². The number of benzene rings is 1. The van der Waals surface area contributed by atoms with Crippen LogP contribution in [-0.2, 0) is 6.54 Å². The summed E-state index contributed by atoms with van der Waals surface area (Å²) in [5, 5.41) is 10.7. The van der Waals surface area contributed by atoms with Gasteiger partial charge in [0, 0.05) is 23.2 Å². The molecule has 0 atom stereocenters. The number of aromatic nitrogens is 5. The lowest BCUT2D eigenvalue weighted by Gasteiger charge is -2.07. The zero-order chi connectivity index (χ0) is 17.4. The zero-order valence-electron chi connectivity index (χ0n) is 13.3. The van der Waals surface area contributed by atoms with Gasteiger partial charge in [-0.3, -0.25) is 0 Å². The molecule has 0 saturated heterocycles. The molecule has 0 aliphatic carbocycles. The molecule has 0 spiro atoms. The lowest BCUT2D eigenvalue weighted by atomic mass is 10.3. The Hall–Kier alpha value is -3.07. The molecule has 3 aromatic heterocycles. The lowest BCUT2D eigenvalue weighted by molar-refractivity contribution is 0.310. The van der Waals surface area contributed by atoms with Crippen LogP contribution in [-0.4, -0.2) is 24.8 Å². The number of anilines is 3. The highest BCUT2D eigenvalue weighted by Gasteiger charge is 2.18. The smallest absolute Gasteiger partial charge is 0.199 e. The number of aryl methyl sites for hydroxylation is 1. The highest BCUT2D eigenvalue weighted by atomic mass is 32.1. The van der Waals surface area contributed by atoms with E-state index in [2.05, 4.69) is 38.2 Å². The van der Waals surface area contributed by atoms with Crippen LogP contribution in [0.15, 0.2) is 46.1 Å². The van der Waals surface area contributed by atoms with E-state index in [1.807, 2.05) is 41.8 Å². The summed E-state index contributed by atoms with van der Waals surface area (Å²) in [5.41, 5.74) is 8.80. The monoisotopic (exact) mass is 353 g/mol. The van der Waals surface area contributed by atoms with Gasteiger partial charge in [0.2, 0.25) is 0 Å². The summed E-state index contributed by atoms with van der Waals surface area (Å²) < 4.78 is 6.69. The molecule has 0 fully saturated rings.